The molecule has 2 aromatic rings. The van der Waals surface area contributed by atoms with Gasteiger partial charge in [0.15, 0.2) is 0 Å². The molecule has 3 rings (SSSR count). The second kappa shape index (κ2) is 11.8. The minimum Gasteiger partial charge on any atom is -0.469 e. The molecule has 1 aliphatic rings. The third-order valence-corrected chi connectivity index (χ3v) is 5.53. The maximum absolute atomic E-state index is 13.0. The van der Waals surface area contributed by atoms with Crippen LogP contribution in [0.1, 0.15) is 24.0 Å². The van der Waals surface area contributed by atoms with Crippen LogP contribution in [0.3, 0.4) is 0 Å². The first-order valence-electron chi connectivity index (χ1n) is 10.7. The van der Waals surface area contributed by atoms with Crippen LogP contribution in [0.15, 0.2) is 48.5 Å². The molecule has 168 valence electrons. The number of hydrogen-bond acceptors (Lipinski definition) is 6. The van der Waals surface area contributed by atoms with Crippen molar-refractivity contribution < 1.29 is 23.8 Å². The highest BCUT2D eigenvalue weighted by Crippen LogP contribution is 2.18. The predicted octanol–water partition coefficient (Wildman–Crippen LogP) is 3.20. The van der Waals surface area contributed by atoms with E-state index >= 15 is 0 Å². The molecule has 0 saturated carbocycles. The molecule has 1 fully saturated rings. The van der Waals surface area contributed by atoms with E-state index in [0.717, 1.165) is 42.7 Å². The smallest absolute Gasteiger partial charge is 0.308 e. The van der Waals surface area contributed by atoms with Gasteiger partial charge in [-0.1, -0.05) is 24.3 Å². The lowest BCUT2D eigenvalue weighted by Gasteiger charge is -2.31. The van der Waals surface area contributed by atoms with Crippen molar-refractivity contribution in [3.63, 3.8) is 0 Å². The quantitative estimate of drug-likeness (QED) is 0.564. The number of anilines is 1. The molecule has 0 spiro atoms. The van der Waals surface area contributed by atoms with E-state index < -0.39 is 6.10 Å². The highest BCUT2D eigenvalue weighted by molar-refractivity contribution is 5.72. The number of aliphatic hydroxyl groups is 1. The number of nitrogens with one attached hydrogen (secondary N) is 1. The van der Waals surface area contributed by atoms with Crippen LogP contribution in [-0.4, -0.2) is 55.4 Å². The molecular weight excluding hydrogens is 399 g/mol. The first kappa shape index (κ1) is 23.2. The van der Waals surface area contributed by atoms with E-state index in [4.69, 9.17) is 9.47 Å². The number of carbonyl (C=O) groups is 1. The number of ether oxygens (including phenoxy) is 2. The molecule has 2 N–H and O–H groups in total. The first-order chi connectivity index (χ1) is 15.0. The standard InChI is InChI=1S/C24H31FN2O4/c1-30-24(29)20-10-12-27(13-11-20)15-23(28)17-31-16-19-4-8-22(9-5-19)26-14-18-2-6-21(25)7-3-18/h2-9,20,23,26,28H,10-17H2,1H3. The second-order valence-electron chi connectivity index (χ2n) is 7.94. The van der Waals surface area contributed by atoms with Crippen LogP contribution in [0.5, 0.6) is 0 Å². The van der Waals surface area contributed by atoms with Crippen LogP contribution >= 0.6 is 0 Å². The van der Waals surface area contributed by atoms with Gasteiger partial charge in [-0.25, -0.2) is 4.39 Å². The number of halogens is 1. The van der Waals surface area contributed by atoms with E-state index in [9.17, 15) is 14.3 Å². The molecule has 31 heavy (non-hydrogen) atoms. The van der Waals surface area contributed by atoms with E-state index in [1.165, 1.54) is 19.2 Å². The van der Waals surface area contributed by atoms with Crippen molar-refractivity contribution in [1.29, 1.82) is 0 Å². The number of carbonyl (C=O) groups excluding carboxylic acids is 1. The molecule has 7 heteroatoms. The molecule has 0 aliphatic carbocycles. The average Bonchev–Trinajstić information content (AvgIpc) is 2.79. The van der Waals surface area contributed by atoms with Crippen LogP contribution < -0.4 is 5.32 Å². The maximum atomic E-state index is 13.0. The molecule has 0 radical (unpaired) electrons. The summed E-state index contributed by atoms with van der Waals surface area (Å²) >= 11 is 0. The topological polar surface area (TPSA) is 71.0 Å². The van der Waals surface area contributed by atoms with Crippen molar-refractivity contribution in [3.05, 3.63) is 65.5 Å². The molecule has 1 atom stereocenters. The number of likely N-dealkylation sites (tertiary alicyclic amines) is 1. The Hall–Kier alpha value is -2.48. The number of hydrogen-bond donors (Lipinski definition) is 2. The van der Waals surface area contributed by atoms with Crippen molar-refractivity contribution >= 4 is 11.7 Å². The lowest BCUT2D eigenvalue weighted by atomic mass is 9.97. The van der Waals surface area contributed by atoms with Crippen LogP contribution in [0.25, 0.3) is 0 Å². The summed E-state index contributed by atoms with van der Waals surface area (Å²) in [6.45, 7) is 3.42. The lowest BCUT2D eigenvalue weighted by molar-refractivity contribution is -0.147. The molecular formula is C24H31FN2O4. The fourth-order valence-electron chi connectivity index (χ4n) is 3.71. The molecule has 1 unspecified atom stereocenters. The molecule has 1 heterocycles. The third kappa shape index (κ3) is 7.61. The van der Waals surface area contributed by atoms with E-state index in [1.807, 2.05) is 24.3 Å². The Balaban J connectivity index is 1.32. The van der Waals surface area contributed by atoms with Crippen LogP contribution in [0.2, 0.25) is 0 Å². The Labute approximate surface area is 183 Å². The largest absolute Gasteiger partial charge is 0.469 e. The summed E-state index contributed by atoms with van der Waals surface area (Å²) in [5.41, 5.74) is 3.01. The predicted molar refractivity (Wildman–Crippen MR) is 117 cm³/mol. The molecule has 1 saturated heterocycles. The molecule has 1 aliphatic heterocycles. The third-order valence-electron chi connectivity index (χ3n) is 5.53. The number of β-amino-alcohol motifs (C(OH)–C–C–N with tert-alkyl or cyclic N) is 1. The number of nitrogens with zero attached hydrogens (tertiary/aromatic N) is 1. The molecule has 6 nitrogen and oxygen atoms in total. The average molecular weight is 431 g/mol. The fourth-order valence-corrected chi connectivity index (χ4v) is 3.71. The van der Waals surface area contributed by atoms with Crippen molar-refractivity contribution in [2.45, 2.75) is 32.1 Å². The number of rotatable bonds is 10. The summed E-state index contributed by atoms with van der Waals surface area (Å²) < 4.78 is 23.4. The normalized spacial score (nSPS) is 16.1. The number of piperidine rings is 1. The van der Waals surface area contributed by atoms with Crippen molar-refractivity contribution in [2.24, 2.45) is 5.92 Å². The minimum atomic E-state index is -0.564. The van der Waals surface area contributed by atoms with Crippen LogP contribution in [-0.2, 0) is 27.4 Å². The van der Waals surface area contributed by atoms with Gasteiger partial charge >= 0.3 is 5.97 Å². The molecule has 0 aromatic heterocycles. The minimum absolute atomic E-state index is 0.0252. The number of benzene rings is 2. The summed E-state index contributed by atoms with van der Waals surface area (Å²) in [5, 5.41) is 13.6. The second-order valence-corrected chi connectivity index (χ2v) is 7.94. The number of esters is 1. The van der Waals surface area contributed by atoms with E-state index in [0.29, 0.717) is 19.7 Å². The van der Waals surface area contributed by atoms with Gasteiger partial charge in [0.1, 0.15) is 5.82 Å². The van der Waals surface area contributed by atoms with Gasteiger partial charge in [0.25, 0.3) is 0 Å². The fraction of sp³-hybridized carbons (Fsp3) is 0.458. The van der Waals surface area contributed by atoms with Gasteiger partial charge in [0.05, 0.1) is 32.3 Å². The van der Waals surface area contributed by atoms with Gasteiger partial charge < -0.3 is 24.8 Å². The summed E-state index contributed by atoms with van der Waals surface area (Å²) in [6.07, 6.45) is 0.968. The zero-order valence-corrected chi connectivity index (χ0v) is 17.9. The van der Waals surface area contributed by atoms with Crippen molar-refractivity contribution in [2.75, 3.05) is 38.7 Å². The summed E-state index contributed by atoms with van der Waals surface area (Å²) in [4.78, 5) is 13.7. The Bertz CT molecular complexity index is 805. The van der Waals surface area contributed by atoms with E-state index in [2.05, 4.69) is 10.2 Å². The maximum Gasteiger partial charge on any atom is 0.308 e. The SMILES string of the molecule is COC(=O)C1CCN(CC(O)COCc2ccc(NCc3ccc(F)cc3)cc2)CC1. The van der Waals surface area contributed by atoms with Gasteiger partial charge in [0.2, 0.25) is 0 Å². The molecule has 0 bridgehead atoms. The van der Waals surface area contributed by atoms with Crippen LogP contribution in [0, 0.1) is 11.7 Å². The Morgan fingerprint density at radius 3 is 2.42 bits per heavy atom. The monoisotopic (exact) mass is 430 g/mol. The zero-order chi connectivity index (χ0) is 22.1. The molecule has 2 aromatic carbocycles. The van der Waals surface area contributed by atoms with Gasteiger partial charge in [-0.2, -0.15) is 0 Å². The van der Waals surface area contributed by atoms with Gasteiger partial charge in [0, 0.05) is 18.8 Å². The van der Waals surface area contributed by atoms with E-state index in [1.54, 1.807) is 12.1 Å². The number of methoxy groups -OCH3 is 1. The molecule has 0 amide bonds. The highest BCUT2D eigenvalue weighted by Gasteiger charge is 2.26. The summed E-state index contributed by atoms with van der Waals surface area (Å²) in [6, 6.07) is 14.4. The van der Waals surface area contributed by atoms with Gasteiger partial charge in [-0.05, 0) is 61.3 Å². The van der Waals surface area contributed by atoms with Crippen LogP contribution in [0.4, 0.5) is 10.1 Å². The lowest BCUT2D eigenvalue weighted by Crippen LogP contribution is -2.41. The van der Waals surface area contributed by atoms with Crippen molar-refractivity contribution in [3.8, 4) is 0 Å². The first-order valence-corrected chi connectivity index (χ1v) is 10.7. The Morgan fingerprint density at radius 1 is 1.13 bits per heavy atom. The van der Waals surface area contributed by atoms with E-state index in [-0.39, 0.29) is 24.3 Å². The van der Waals surface area contributed by atoms with Crippen molar-refractivity contribution in [1.82, 2.24) is 4.90 Å². The van der Waals surface area contributed by atoms with Gasteiger partial charge in [-0.3, -0.25) is 4.79 Å². The van der Waals surface area contributed by atoms with Gasteiger partial charge in [-0.15, -0.1) is 0 Å². The zero-order valence-electron chi connectivity index (χ0n) is 17.9. The Kier molecular flexibility index (Phi) is 8.82. The highest BCUT2D eigenvalue weighted by atomic mass is 19.1. The summed E-state index contributed by atoms with van der Waals surface area (Å²) in [5.74, 6) is -0.399. The Morgan fingerprint density at radius 2 is 1.77 bits per heavy atom. The number of aliphatic hydroxyl groups excluding tert-OH is 1. The summed E-state index contributed by atoms with van der Waals surface area (Å²) in [7, 11) is 1.42.